The first-order chi connectivity index (χ1) is 9.61. The molecule has 0 spiro atoms. The molecule has 1 aromatic carbocycles. The van der Waals surface area contributed by atoms with E-state index in [-0.39, 0.29) is 23.9 Å². The summed E-state index contributed by atoms with van der Waals surface area (Å²) in [4.78, 5) is 12.3. The van der Waals surface area contributed by atoms with Crippen molar-refractivity contribution in [2.45, 2.75) is 51.9 Å². The molecule has 0 aliphatic heterocycles. The molecule has 0 unspecified atom stereocenters. The van der Waals surface area contributed by atoms with Crippen LogP contribution in [0.2, 0.25) is 5.02 Å². The van der Waals surface area contributed by atoms with Crippen molar-refractivity contribution in [3.05, 3.63) is 34.6 Å². The molecule has 20 heavy (non-hydrogen) atoms. The monoisotopic (exact) mass is 296 g/mol. The van der Waals surface area contributed by atoms with Crippen LogP contribution in [0.25, 0.3) is 0 Å². The molecular formula is C17H22ClFO. The minimum absolute atomic E-state index is 0.0961. The molecule has 2 rings (SSSR count). The van der Waals surface area contributed by atoms with E-state index in [1.807, 2.05) is 0 Å². The van der Waals surface area contributed by atoms with Gasteiger partial charge in [-0.05, 0) is 43.7 Å². The first kappa shape index (κ1) is 15.5. The highest BCUT2D eigenvalue weighted by molar-refractivity contribution is 6.31. The Morgan fingerprint density at radius 2 is 2.00 bits per heavy atom. The van der Waals surface area contributed by atoms with E-state index in [0.29, 0.717) is 10.6 Å². The molecular weight excluding hydrogens is 275 g/mol. The molecule has 0 aromatic heterocycles. The molecule has 110 valence electrons. The van der Waals surface area contributed by atoms with Gasteiger partial charge in [-0.2, -0.15) is 0 Å². The van der Waals surface area contributed by atoms with Gasteiger partial charge in [0.1, 0.15) is 11.6 Å². The van der Waals surface area contributed by atoms with Crippen LogP contribution in [-0.2, 0) is 11.2 Å². The lowest BCUT2D eigenvalue weighted by atomic mass is 9.77. The molecule has 1 aliphatic carbocycles. The molecule has 3 heteroatoms. The number of Topliss-reactive ketones (excluding diaryl/α,β-unsaturated/α-hetero) is 1. The van der Waals surface area contributed by atoms with Crippen molar-refractivity contribution in [3.8, 4) is 0 Å². The Balaban J connectivity index is 1.93. The zero-order valence-corrected chi connectivity index (χ0v) is 12.8. The Hall–Kier alpha value is -0.890. The number of carbonyl (C=O) groups is 1. The summed E-state index contributed by atoms with van der Waals surface area (Å²) in [6, 6.07) is 4.58. The highest BCUT2D eigenvalue weighted by Crippen LogP contribution is 2.33. The minimum atomic E-state index is -0.370. The van der Waals surface area contributed by atoms with Gasteiger partial charge in [0.2, 0.25) is 0 Å². The third kappa shape index (κ3) is 3.82. The molecule has 0 N–H and O–H groups in total. The van der Waals surface area contributed by atoms with Gasteiger partial charge in [0, 0.05) is 22.9 Å². The zero-order valence-electron chi connectivity index (χ0n) is 12.0. The molecule has 1 nitrogen and oxygen atoms in total. The summed E-state index contributed by atoms with van der Waals surface area (Å²) in [7, 11) is 0. The summed E-state index contributed by atoms with van der Waals surface area (Å²) in [5, 5.41) is 0.359. The van der Waals surface area contributed by atoms with Crippen molar-refractivity contribution in [1.29, 1.82) is 0 Å². The van der Waals surface area contributed by atoms with Crippen molar-refractivity contribution < 1.29 is 9.18 Å². The van der Waals surface area contributed by atoms with Gasteiger partial charge in [-0.3, -0.25) is 4.79 Å². The molecule has 0 atom stereocenters. The van der Waals surface area contributed by atoms with Crippen molar-refractivity contribution in [1.82, 2.24) is 0 Å². The smallest absolute Gasteiger partial charge is 0.140 e. The van der Waals surface area contributed by atoms with Crippen LogP contribution in [0.15, 0.2) is 18.2 Å². The first-order valence-electron chi connectivity index (χ1n) is 7.57. The number of hydrogen-bond acceptors (Lipinski definition) is 1. The molecule has 1 aromatic rings. The van der Waals surface area contributed by atoms with E-state index in [0.717, 1.165) is 31.6 Å². The Morgan fingerprint density at radius 1 is 1.30 bits per heavy atom. The molecule has 0 saturated heterocycles. The Kier molecular flexibility index (Phi) is 5.59. The van der Waals surface area contributed by atoms with Gasteiger partial charge >= 0.3 is 0 Å². The summed E-state index contributed by atoms with van der Waals surface area (Å²) >= 11 is 5.98. The maximum atomic E-state index is 13.7. The predicted octanol–water partition coefficient (Wildman–Crippen LogP) is 5.20. The summed E-state index contributed by atoms with van der Waals surface area (Å²) in [5.74, 6) is 0.650. The summed E-state index contributed by atoms with van der Waals surface area (Å²) < 4.78 is 13.7. The average Bonchev–Trinajstić information content (AvgIpc) is 2.44. The lowest BCUT2D eigenvalue weighted by Crippen LogP contribution is -2.23. The van der Waals surface area contributed by atoms with Crippen molar-refractivity contribution >= 4 is 17.4 Å². The van der Waals surface area contributed by atoms with E-state index in [1.165, 1.54) is 18.9 Å². The quantitative estimate of drug-likeness (QED) is 0.730. The highest BCUT2D eigenvalue weighted by Gasteiger charge is 2.26. The number of halogens is 2. The van der Waals surface area contributed by atoms with Crippen LogP contribution in [-0.4, -0.2) is 5.78 Å². The van der Waals surface area contributed by atoms with E-state index < -0.39 is 0 Å². The molecule has 0 bridgehead atoms. The summed E-state index contributed by atoms with van der Waals surface area (Å²) in [6.45, 7) is 2.21. The number of carbonyl (C=O) groups excluding carboxylic acids is 1. The van der Waals surface area contributed by atoms with Gasteiger partial charge in [-0.25, -0.2) is 4.39 Å². The van der Waals surface area contributed by atoms with Crippen LogP contribution < -0.4 is 0 Å². The Bertz CT molecular complexity index is 444. The van der Waals surface area contributed by atoms with E-state index in [9.17, 15) is 9.18 Å². The third-order valence-corrected chi connectivity index (χ3v) is 4.77. The highest BCUT2D eigenvalue weighted by atomic mass is 35.5. The second kappa shape index (κ2) is 7.21. The van der Waals surface area contributed by atoms with Crippen molar-refractivity contribution in [2.75, 3.05) is 0 Å². The van der Waals surface area contributed by atoms with Crippen LogP contribution in [0.3, 0.4) is 0 Å². The lowest BCUT2D eigenvalue weighted by Gasteiger charge is -2.27. The van der Waals surface area contributed by atoms with Gasteiger partial charge in [-0.15, -0.1) is 0 Å². The first-order valence-corrected chi connectivity index (χ1v) is 7.95. The molecule has 1 fully saturated rings. The minimum Gasteiger partial charge on any atom is -0.299 e. The predicted molar refractivity (Wildman–Crippen MR) is 80.5 cm³/mol. The normalized spacial score (nSPS) is 22.8. The topological polar surface area (TPSA) is 17.1 Å². The van der Waals surface area contributed by atoms with Crippen LogP contribution in [0.1, 0.15) is 51.0 Å². The van der Waals surface area contributed by atoms with Gasteiger partial charge in [0.05, 0.1) is 0 Å². The van der Waals surface area contributed by atoms with Gasteiger partial charge in [0.15, 0.2) is 0 Å². The molecule has 0 heterocycles. The van der Waals surface area contributed by atoms with E-state index in [2.05, 4.69) is 6.92 Å². The zero-order chi connectivity index (χ0) is 14.5. The Morgan fingerprint density at radius 3 is 2.60 bits per heavy atom. The van der Waals surface area contributed by atoms with E-state index in [1.54, 1.807) is 12.1 Å². The van der Waals surface area contributed by atoms with Gasteiger partial charge in [0.25, 0.3) is 0 Å². The maximum Gasteiger partial charge on any atom is 0.140 e. The van der Waals surface area contributed by atoms with Gasteiger partial charge in [-0.1, -0.05) is 37.4 Å². The fourth-order valence-electron chi connectivity index (χ4n) is 3.20. The molecule has 0 amide bonds. The Labute approximate surface area is 125 Å². The largest absolute Gasteiger partial charge is 0.299 e. The fourth-order valence-corrected chi connectivity index (χ4v) is 3.43. The average molecular weight is 297 g/mol. The van der Waals surface area contributed by atoms with E-state index >= 15 is 0 Å². The fraction of sp³-hybridized carbons (Fsp3) is 0.588. The standard InChI is InChI=1S/C17H22ClFO/c1-2-4-12-7-9-13(10-8-12)17(20)11-14-15(18)5-3-6-16(14)19/h3,5-6,12-13H,2,4,7-11H2,1H3. The lowest BCUT2D eigenvalue weighted by molar-refractivity contribution is -0.123. The second-order valence-electron chi connectivity index (χ2n) is 5.85. The number of hydrogen-bond donors (Lipinski definition) is 0. The van der Waals surface area contributed by atoms with Crippen LogP contribution in [0.4, 0.5) is 4.39 Å². The number of ketones is 1. The second-order valence-corrected chi connectivity index (χ2v) is 6.26. The van der Waals surface area contributed by atoms with E-state index in [4.69, 9.17) is 11.6 Å². The third-order valence-electron chi connectivity index (χ3n) is 4.41. The van der Waals surface area contributed by atoms with Crippen LogP contribution >= 0.6 is 11.6 Å². The maximum absolute atomic E-state index is 13.7. The van der Waals surface area contributed by atoms with Crippen molar-refractivity contribution in [2.24, 2.45) is 11.8 Å². The molecule has 0 radical (unpaired) electrons. The summed E-state index contributed by atoms with van der Waals surface area (Å²) in [6.07, 6.45) is 6.79. The van der Waals surface area contributed by atoms with Gasteiger partial charge < -0.3 is 0 Å². The SMILES string of the molecule is CCCC1CCC(C(=O)Cc2c(F)cccc2Cl)CC1. The molecule has 1 aliphatic rings. The summed E-state index contributed by atoms with van der Waals surface area (Å²) in [5.41, 5.74) is 0.356. The number of benzene rings is 1. The van der Waals surface area contributed by atoms with Crippen LogP contribution in [0.5, 0.6) is 0 Å². The van der Waals surface area contributed by atoms with Crippen molar-refractivity contribution in [3.63, 3.8) is 0 Å². The molecule has 1 saturated carbocycles. The number of rotatable bonds is 5. The van der Waals surface area contributed by atoms with Crippen LogP contribution in [0, 0.1) is 17.7 Å².